The molecule has 2 heterocycles. The Morgan fingerprint density at radius 1 is 1.15 bits per heavy atom. The summed E-state index contributed by atoms with van der Waals surface area (Å²) < 4.78 is 0.182. The highest BCUT2D eigenvalue weighted by molar-refractivity contribution is 8.00. The summed E-state index contributed by atoms with van der Waals surface area (Å²) in [6.45, 7) is 1.83. The molecule has 1 saturated heterocycles. The van der Waals surface area contributed by atoms with Crippen LogP contribution in [0.4, 0.5) is 11.4 Å². The standard InChI is InChI=1S/C21H27N2OS2/c1-23(24)14-6-5-7-16(23)12-13-22-18-8-3-4-9-20(18)26-21-11-10-17(25-2)15-19(21)22/h3-4,8-11,15-16,24H,5-7,12-14H2,1-2H3/q+1. The first-order valence-corrected chi connectivity index (χ1v) is 11.4. The van der Waals surface area contributed by atoms with E-state index < -0.39 is 0 Å². The van der Waals surface area contributed by atoms with Crippen LogP contribution in [0.25, 0.3) is 0 Å². The van der Waals surface area contributed by atoms with Crippen LogP contribution in [0.1, 0.15) is 25.7 Å². The van der Waals surface area contributed by atoms with Crippen molar-refractivity contribution < 1.29 is 9.85 Å². The first kappa shape index (κ1) is 18.2. The third-order valence-electron chi connectivity index (χ3n) is 5.70. The van der Waals surface area contributed by atoms with E-state index in [-0.39, 0.29) is 4.65 Å². The first-order chi connectivity index (χ1) is 12.6. The van der Waals surface area contributed by atoms with Crippen LogP contribution in [0, 0.1) is 0 Å². The van der Waals surface area contributed by atoms with Gasteiger partial charge in [0.05, 0.1) is 18.4 Å². The Labute approximate surface area is 164 Å². The van der Waals surface area contributed by atoms with Gasteiger partial charge in [0.1, 0.15) is 12.6 Å². The van der Waals surface area contributed by atoms with E-state index in [1.54, 1.807) is 11.8 Å². The minimum absolute atomic E-state index is 0.182. The number of anilines is 2. The summed E-state index contributed by atoms with van der Waals surface area (Å²) in [6, 6.07) is 15.8. The summed E-state index contributed by atoms with van der Waals surface area (Å²) in [5.74, 6) is 0. The van der Waals surface area contributed by atoms with Gasteiger partial charge in [-0.25, -0.2) is 5.21 Å². The molecule has 0 aliphatic carbocycles. The van der Waals surface area contributed by atoms with Crippen molar-refractivity contribution in [3.05, 3.63) is 42.5 Å². The Balaban J connectivity index is 1.64. The molecule has 2 unspecified atom stereocenters. The highest BCUT2D eigenvalue weighted by atomic mass is 32.2. The van der Waals surface area contributed by atoms with Gasteiger partial charge in [0.25, 0.3) is 0 Å². The third kappa shape index (κ3) is 3.50. The van der Waals surface area contributed by atoms with Crippen molar-refractivity contribution >= 4 is 34.9 Å². The van der Waals surface area contributed by atoms with Crippen molar-refractivity contribution in [2.45, 2.75) is 46.4 Å². The van der Waals surface area contributed by atoms with E-state index in [0.29, 0.717) is 6.04 Å². The van der Waals surface area contributed by atoms with Gasteiger partial charge >= 0.3 is 0 Å². The van der Waals surface area contributed by atoms with Crippen LogP contribution in [0.5, 0.6) is 0 Å². The molecular formula is C21H27N2OS2+. The number of piperidine rings is 1. The van der Waals surface area contributed by atoms with E-state index in [4.69, 9.17) is 0 Å². The van der Waals surface area contributed by atoms with Gasteiger partial charge < -0.3 is 4.90 Å². The monoisotopic (exact) mass is 387 g/mol. The van der Waals surface area contributed by atoms with Gasteiger partial charge in [0.2, 0.25) is 0 Å². The molecule has 1 N–H and O–H groups in total. The third-order valence-corrected chi connectivity index (χ3v) is 7.56. The molecule has 0 aromatic heterocycles. The van der Waals surface area contributed by atoms with Crippen LogP contribution in [0.3, 0.4) is 0 Å². The lowest BCUT2D eigenvalue weighted by Crippen LogP contribution is -2.53. The van der Waals surface area contributed by atoms with Gasteiger partial charge in [-0.05, 0) is 49.4 Å². The molecule has 0 radical (unpaired) electrons. The predicted molar refractivity (Wildman–Crippen MR) is 111 cm³/mol. The summed E-state index contributed by atoms with van der Waals surface area (Å²) in [6.07, 6.45) is 6.63. The molecule has 2 aliphatic heterocycles. The molecule has 138 valence electrons. The number of fused-ring (bicyclic) bond motifs is 2. The fraction of sp³-hybridized carbons (Fsp3) is 0.429. The fourth-order valence-corrected chi connectivity index (χ4v) is 5.66. The number of hydroxylamine groups is 3. The van der Waals surface area contributed by atoms with Crippen molar-refractivity contribution in [3.8, 4) is 0 Å². The number of hydrogen-bond donors (Lipinski definition) is 1. The van der Waals surface area contributed by atoms with Crippen molar-refractivity contribution in [1.82, 2.24) is 0 Å². The number of nitrogens with zero attached hydrogens (tertiary/aromatic N) is 2. The van der Waals surface area contributed by atoms with E-state index in [0.717, 1.165) is 32.4 Å². The number of hydrogen-bond acceptors (Lipinski definition) is 4. The fourth-order valence-electron chi connectivity index (χ4n) is 4.15. The summed E-state index contributed by atoms with van der Waals surface area (Å²) in [5.41, 5.74) is 2.61. The topological polar surface area (TPSA) is 23.5 Å². The van der Waals surface area contributed by atoms with Crippen molar-refractivity contribution in [2.75, 3.05) is 31.3 Å². The molecule has 1 fully saturated rings. The van der Waals surface area contributed by atoms with Crippen LogP contribution in [-0.4, -0.2) is 42.3 Å². The van der Waals surface area contributed by atoms with Crippen molar-refractivity contribution in [3.63, 3.8) is 0 Å². The molecule has 0 bridgehead atoms. The molecule has 2 atom stereocenters. The lowest BCUT2D eigenvalue weighted by molar-refractivity contribution is -1.11. The number of para-hydroxylation sites is 1. The lowest BCUT2D eigenvalue weighted by Gasteiger charge is -2.39. The second-order valence-corrected chi connectivity index (χ2v) is 9.39. The molecule has 26 heavy (non-hydrogen) atoms. The minimum Gasteiger partial charge on any atom is -0.339 e. The zero-order chi connectivity index (χ0) is 18.1. The normalized spacial score (nSPS) is 24.9. The predicted octanol–water partition coefficient (Wildman–Crippen LogP) is 5.79. The molecular weight excluding hydrogens is 360 g/mol. The van der Waals surface area contributed by atoms with Crippen LogP contribution in [0.15, 0.2) is 57.2 Å². The molecule has 4 rings (SSSR count). The summed E-state index contributed by atoms with van der Waals surface area (Å²) in [7, 11) is 1.98. The van der Waals surface area contributed by atoms with E-state index >= 15 is 0 Å². The molecule has 2 aliphatic rings. The molecule has 2 aromatic carbocycles. The second-order valence-electron chi connectivity index (χ2n) is 7.43. The van der Waals surface area contributed by atoms with E-state index in [1.807, 2.05) is 18.8 Å². The van der Waals surface area contributed by atoms with Gasteiger partial charge in [-0.15, -0.1) is 11.8 Å². The number of thioether (sulfide) groups is 1. The quantitative estimate of drug-likeness (QED) is 0.530. The molecule has 0 spiro atoms. The maximum absolute atomic E-state index is 10.7. The highest BCUT2D eigenvalue weighted by Crippen LogP contribution is 2.49. The van der Waals surface area contributed by atoms with E-state index in [1.165, 1.54) is 32.5 Å². The van der Waals surface area contributed by atoms with Crippen LogP contribution in [0.2, 0.25) is 0 Å². The Bertz CT molecular complexity index is 793. The maximum atomic E-state index is 10.7. The summed E-state index contributed by atoms with van der Waals surface area (Å²) in [4.78, 5) is 6.41. The first-order valence-electron chi connectivity index (χ1n) is 9.39. The highest BCUT2D eigenvalue weighted by Gasteiger charge is 2.35. The zero-order valence-corrected chi connectivity index (χ0v) is 17.2. The van der Waals surface area contributed by atoms with Crippen LogP contribution in [-0.2, 0) is 0 Å². The van der Waals surface area contributed by atoms with Gasteiger partial charge in [0.15, 0.2) is 0 Å². The Morgan fingerprint density at radius 2 is 1.96 bits per heavy atom. The molecule has 2 aromatic rings. The van der Waals surface area contributed by atoms with E-state index in [2.05, 4.69) is 53.6 Å². The van der Waals surface area contributed by atoms with Crippen molar-refractivity contribution in [2.24, 2.45) is 0 Å². The Morgan fingerprint density at radius 3 is 2.77 bits per heavy atom. The largest absolute Gasteiger partial charge is 0.339 e. The van der Waals surface area contributed by atoms with Gasteiger partial charge in [-0.3, -0.25) is 0 Å². The summed E-state index contributed by atoms with van der Waals surface area (Å²) >= 11 is 3.65. The lowest BCUT2D eigenvalue weighted by atomic mass is 9.99. The Kier molecular flexibility index (Phi) is 5.24. The number of likely N-dealkylation sites (tertiary alicyclic amines) is 1. The molecule has 0 saturated carbocycles. The zero-order valence-electron chi connectivity index (χ0n) is 15.5. The Hall–Kier alpha value is -1.14. The van der Waals surface area contributed by atoms with Crippen molar-refractivity contribution in [1.29, 1.82) is 0 Å². The smallest absolute Gasteiger partial charge is 0.120 e. The van der Waals surface area contributed by atoms with Crippen LogP contribution >= 0.6 is 23.5 Å². The maximum Gasteiger partial charge on any atom is 0.120 e. The van der Waals surface area contributed by atoms with Gasteiger partial charge in [-0.1, -0.05) is 23.9 Å². The molecule has 5 heteroatoms. The van der Waals surface area contributed by atoms with Gasteiger partial charge in [-0.2, -0.15) is 4.65 Å². The number of quaternary nitrogens is 1. The second kappa shape index (κ2) is 7.47. The van der Waals surface area contributed by atoms with E-state index in [9.17, 15) is 5.21 Å². The molecule has 3 nitrogen and oxygen atoms in total. The average Bonchev–Trinajstić information content (AvgIpc) is 2.65. The SMILES string of the molecule is CSc1ccc2c(c1)N(CCC1CCCC[N+]1(C)O)c1ccccc1S2. The summed E-state index contributed by atoms with van der Waals surface area (Å²) in [5, 5.41) is 10.7. The van der Waals surface area contributed by atoms with Crippen LogP contribution < -0.4 is 4.90 Å². The number of benzene rings is 2. The van der Waals surface area contributed by atoms with Gasteiger partial charge in [0, 0.05) is 34.1 Å². The molecule has 0 amide bonds. The minimum atomic E-state index is 0.182. The number of rotatable bonds is 4. The average molecular weight is 388 g/mol.